The first-order chi connectivity index (χ1) is 5.72. The lowest BCUT2D eigenvalue weighted by atomic mass is 10.1. The van der Waals surface area contributed by atoms with Crippen LogP contribution in [0.5, 0.6) is 0 Å². The molecule has 0 saturated carbocycles. The van der Waals surface area contributed by atoms with Crippen LogP contribution in [0.1, 0.15) is 18.1 Å². The molecule has 1 aromatic carbocycles. The summed E-state index contributed by atoms with van der Waals surface area (Å²) < 4.78 is 0.0377. The highest BCUT2D eigenvalue weighted by Gasteiger charge is 1.98. The molecule has 64 valence electrons. The van der Waals surface area contributed by atoms with Crippen LogP contribution >= 0.6 is 15.9 Å². The third kappa shape index (κ3) is 2.78. The molecule has 2 heteroatoms. The van der Waals surface area contributed by atoms with Gasteiger partial charge in [0.2, 0.25) is 4.69 Å². The standard InChI is InChI=1S/C10H11BrO/c1-2-8-4-3-5-9(6-8)7-10(11)12/h3-6H,2,7H2,1H3. The van der Waals surface area contributed by atoms with E-state index in [0.717, 1.165) is 12.0 Å². The van der Waals surface area contributed by atoms with Crippen LogP contribution in [0.2, 0.25) is 0 Å². The molecule has 1 aromatic rings. The van der Waals surface area contributed by atoms with Crippen molar-refractivity contribution in [1.82, 2.24) is 0 Å². The molecule has 0 amide bonds. The first-order valence-electron chi connectivity index (χ1n) is 3.98. The summed E-state index contributed by atoms with van der Waals surface area (Å²) in [6.45, 7) is 2.11. The first-order valence-corrected chi connectivity index (χ1v) is 4.78. The highest BCUT2D eigenvalue weighted by molar-refractivity contribution is 9.18. The second kappa shape index (κ2) is 4.41. The van der Waals surface area contributed by atoms with Gasteiger partial charge in [-0.1, -0.05) is 31.2 Å². The largest absolute Gasteiger partial charge is 0.286 e. The summed E-state index contributed by atoms with van der Waals surface area (Å²) in [5.74, 6) is 0. The SMILES string of the molecule is CCc1cccc(CC(=O)Br)c1. The van der Waals surface area contributed by atoms with Crippen molar-refractivity contribution in [2.75, 3.05) is 0 Å². The lowest BCUT2D eigenvalue weighted by Gasteiger charge is -1.99. The van der Waals surface area contributed by atoms with Crippen LogP contribution in [0.4, 0.5) is 0 Å². The molecule has 0 aliphatic heterocycles. The van der Waals surface area contributed by atoms with Crippen molar-refractivity contribution in [2.24, 2.45) is 0 Å². The van der Waals surface area contributed by atoms with Gasteiger partial charge in [0.1, 0.15) is 0 Å². The molecule has 12 heavy (non-hydrogen) atoms. The zero-order chi connectivity index (χ0) is 8.97. The average molecular weight is 227 g/mol. The van der Waals surface area contributed by atoms with Gasteiger partial charge in [0.05, 0.1) is 0 Å². The molecule has 0 aromatic heterocycles. The van der Waals surface area contributed by atoms with E-state index >= 15 is 0 Å². The third-order valence-corrected chi connectivity index (χ3v) is 2.02. The average Bonchev–Trinajstić information content (AvgIpc) is 2.03. The molecule has 1 rings (SSSR count). The second-order valence-electron chi connectivity index (χ2n) is 2.71. The first kappa shape index (κ1) is 9.46. The quantitative estimate of drug-likeness (QED) is 0.725. The minimum atomic E-state index is 0.0377. The van der Waals surface area contributed by atoms with Gasteiger partial charge in [-0.15, -0.1) is 0 Å². The molecular weight excluding hydrogens is 216 g/mol. The normalized spacial score (nSPS) is 9.83. The van der Waals surface area contributed by atoms with Crippen LogP contribution in [-0.2, 0) is 17.6 Å². The van der Waals surface area contributed by atoms with Crippen LogP contribution in [0.3, 0.4) is 0 Å². The smallest absolute Gasteiger partial charge is 0.202 e. The maximum atomic E-state index is 10.7. The number of hydrogen-bond acceptors (Lipinski definition) is 1. The topological polar surface area (TPSA) is 17.1 Å². The summed E-state index contributed by atoms with van der Waals surface area (Å²) >= 11 is 2.92. The molecule has 0 bridgehead atoms. The Morgan fingerprint density at radius 1 is 1.42 bits per heavy atom. The molecule has 0 atom stereocenters. The van der Waals surface area contributed by atoms with Gasteiger partial charge in [-0.3, -0.25) is 4.79 Å². The van der Waals surface area contributed by atoms with Gasteiger partial charge in [-0.25, -0.2) is 0 Å². The van der Waals surface area contributed by atoms with Crippen LogP contribution in [0.25, 0.3) is 0 Å². The zero-order valence-electron chi connectivity index (χ0n) is 7.01. The van der Waals surface area contributed by atoms with Gasteiger partial charge in [0.15, 0.2) is 0 Å². The predicted molar refractivity (Wildman–Crippen MR) is 53.5 cm³/mol. The summed E-state index contributed by atoms with van der Waals surface area (Å²) in [7, 11) is 0. The Labute approximate surface area is 80.9 Å². The molecule has 0 N–H and O–H groups in total. The van der Waals surface area contributed by atoms with E-state index in [1.807, 2.05) is 12.1 Å². The summed E-state index contributed by atoms with van der Waals surface area (Å²) in [5.41, 5.74) is 2.36. The number of aryl methyl sites for hydroxylation is 1. The lowest BCUT2D eigenvalue weighted by molar-refractivity contribution is -0.109. The molecular formula is C10H11BrO. The fourth-order valence-electron chi connectivity index (χ4n) is 1.12. The number of halogens is 1. The number of benzene rings is 1. The number of carbonyl (C=O) groups is 1. The van der Waals surface area contributed by atoms with E-state index in [0.29, 0.717) is 6.42 Å². The number of hydrogen-bond donors (Lipinski definition) is 0. The lowest BCUT2D eigenvalue weighted by Crippen LogP contribution is -1.93. The minimum Gasteiger partial charge on any atom is -0.286 e. The molecule has 0 heterocycles. The van der Waals surface area contributed by atoms with Crippen molar-refractivity contribution in [3.63, 3.8) is 0 Å². The van der Waals surface area contributed by atoms with Crippen molar-refractivity contribution >= 4 is 20.6 Å². The predicted octanol–water partition coefficient (Wildman–Crippen LogP) is 2.71. The summed E-state index contributed by atoms with van der Waals surface area (Å²) in [6, 6.07) is 8.10. The maximum Gasteiger partial charge on any atom is 0.202 e. The van der Waals surface area contributed by atoms with Gasteiger partial charge in [0, 0.05) is 6.42 Å². The van der Waals surface area contributed by atoms with E-state index in [9.17, 15) is 4.79 Å². The number of carbonyl (C=O) groups excluding carboxylic acids is 1. The Balaban J connectivity index is 2.79. The van der Waals surface area contributed by atoms with Gasteiger partial charge >= 0.3 is 0 Å². The van der Waals surface area contributed by atoms with E-state index in [4.69, 9.17) is 0 Å². The van der Waals surface area contributed by atoms with E-state index in [-0.39, 0.29) is 4.69 Å². The summed E-state index contributed by atoms with van der Waals surface area (Å²) in [4.78, 5) is 10.7. The summed E-state index contributed by atoms with van der Waals surface area (Å²) in [6.07, 6.45) is 1.50. The molecule has 0 aliphatic rings. The van der Waals surface area contributed by atoms with Crippen LogP contribution in [0, 0.1) is 0 Å². The Bertz CT molecular complexity index is 281. The van der Waals surface area contributed by atoms with Gasteiger partial charge in [0.25, 0.3) is 0 Å². The minimum absolute atomic E-state index is 0.0377. The van der Waals surface area contributed by atoms with E-state index in [1.54, 1.807) is 0 Å². The molecule has 1 nitrogen and oxygen atoms in total. The van der Waals surface area contributed by atoms with Crippen molar-refractivity contribution in [1.29, 1.82) is 0 Å². The molecule has 0 radical (unpaired) electrons. The van der Waals surface area contributed by atoms with Crippen LogP contribution in [0.15, 0.2) is 24.3 Å². The molecule has 0 unspecified atom stereocenters. The van der Waals surface area contributed by atoms with E-state index in [1.165, 1.54) is 5.56 Å². The summed E-state index contributed by atoms with van der Waals surface area (Å²) in [5, 5.41) is 0. The van der Waals surface area contributed by atoms with Crippen molar-refractivity contribution < 1.29 is 4.79 Å². The molecule has 0 aliphatic carbocycles. The van der Waals surface area contributed by atoms with Crippen molar-refractivity contribution in [2.45, 2.75) is 19.8 Å². The van der Waals surface area contributed by atoms with Gasteiger partial charge in [-0.2, -0.15) is 0 Å². The Hall–Kier alpha value is -0.630. The van der Waals surface area contributed by atoms with Crippen molar-refractivity contribution in [3.05, 3.63) is 35.4 Å². The highest BCUT2D eigenvalue weighted by Crippen LogP contribution is 2.08. The fourth-order valence-corrected chi connectivity index (χ4v) is 1.44. The van der Waals surface area contributed by atoms with E-state index in [2.05, 4.69) is 35.0 Å². The molecule has 0 spiro atoms. The van der Waals surface area contributed by atoms with Gasteiger partial charge in [-0.05, 0) is 33.5 Å². The fraction of sp³-hybridized carbons (Fsp3) is 0.300. The van der Waals surface area contributed by atoms with Gasteiger partial charge < -0.3 is 0 Å². The third-order valence-electron chi connectivity index (χ3n) is 1.74. The van der Waals surface area contributed by atoms with Crippen molar-refractivity contribution in [3.8, 4) is 0 Å². The molecule has 0 fully saturated rings. The second-order valence-corrected chi connectivity index (χ2v) is 3.59. The highest BCUT2D eigenvalue weighted by atomic mass is 79.9. The number of rotatable bonds is 3. The van der Waals surface area contributed by atoms with Crippen LogP contribution < -0.4 is 0 Å². The molecule has 0 saturated heterocycles. The van der Waals surface area contributed by atoms with Crippen LogP contribution in [-0.4, -0.2) is 4.69 Å². The Kier molecular flexibility index (Phi) is 3.48. The monoisotopic (exact) mass is 226 g/mol. The Morgan fingerprint density at radius 3 is 2.67 bits per heavy atom. The van der Waals surface area contributed by atoms with E-state index < -0.39 is 0 Å². The maximum absolute atomic E-state index is 10.7. The zero-order valence-corrected chi connectivity index (χ0v) is 8.60. The Morgan fingerprint density at radius 2 is 2.08 bits per heavy atom.